The minimum Gasteiger partial charge on any atom is -0.384 e. The van der Waals surface area contributed by atoms with Gasteiger partial charge in [0, 0.05) is 6.42 Å². The van der Waals surface area contributed by atoms with Gasteiger partial charge in [0.25, 0.3) is 0 Å². The average molecular weight is 199 g/mol. The largest absolute Gasteiger partial charge is 0.384 e. The van der Waals surface area contributed by atoms with Gasteiger partial charge in [-0.1, -0.05) is 42.5 Å². The molecule has 75 valence electrons. The third-order valence-electron chi connectivity index (χ3n) is 2.43. The van der Waals surface area contributed by atoms with E-state index < -0.39 is 6.10 Å². The molecule has 1 N–H and O–H groups in total. The Morgan fingerprint density at radius 2 is 1.87 bits per heavy atom. The molecule has 2 heteroatoms. The summed E-state index contributed by atoms with van der Waals surface area (Å²) < 4.78 is 0. The molecule has 0 spiro atoms. The van der Waals surface area contributed by atoms with Gasteiger partial charge in [-0.05, 0) is 16.3 Å². The molecule has 0 aromatic heterocycles. The van der Waals surface area contributed by atoms with Crippen molar-refractivity contribution in [2.75, 3.05) is 0 Å². The van der Waals surface area contributed by atoms with Gasteiger partial charge in [0.05, 0.1) is 0 Å². The van der Waals surface area contributed by atoms with E-state index in [2.05, 4.69) is 0 Å². The maximum atomic E-state index is 10.3. The third kappa shape index (κ3) is 2.05. The quantitative estimate of drug-likeness (QED) is 0.819. The molecule has 0 saturated carbocycles. The topological polar surface area (TPSA) is 37.3 Å². The molecule has 1 atom stereocenters. The van der Waals surface area contributed by atoms with Crippen LogP contribution in [0.5, 0.6) is 0 Å². The lowest BCUT2D eigenvalue weighted by Gasteiger charge is -2.06. The summed E-state index contributed by atoms with van der Waals surface area (Å²) in [5.74, 6) is 0. The van der Waals surface area contributed by atoms with Crippen LogP contribution in [0.3, 0.4) is 0 Å². The molecule has 0 aliphatic heterocycles. The van der Waals surface area contributed by atoms with E-state index in [9.17, 15) is 9.90 Å². The average Bonchev–Trinajstić information content (AvgIpc) is 2.29. The molecule has 0 saturated heterocycles. The Balaban J connectivity index is 2.46. The Kier molecular flexibility index (Phi) is 2.79. The Labute approximate surface area is 88.2 Å². The summed E-state index contributed by atoms with van der Waals surface area (Å²) in [6.45, 7) is 0. The molecule has 2 aromatic carbocycles. The zero-order valence-corrected chi connectivity index (χ0v) is 8.18. The zero-order valence-electron chi connectivity index (χ0n) is 8.18. The Morgan fingerprint density at radius 3 is 2.67 bits per heavy atom. The summed E-state index contributed by atoms with van der Waals surface area (Å²) >= 11 is 0. The molecular formula is C13H11O2. The Hall–Kier alpha value is -1.67. The maximum Gasteiger partial charge on any atom is 0.229 e. The number of hydrogen-bond donors (Lipinski definition) is 1. The van der Waals surface area contributed by atoms with Gasteiger partial charge in [-0.25, -0.2) is 0 Å². The van der Waals surface area contributed by atoms with Gasteiger partial charge in [0.1, 0.15) is 6.10 Å². The molecule has 2 nitrogen and oxygen atoms in total. The van der Waals surface area contributed by atoms with Crippen molar-refractivity contribution in [1.29, 1.82) is 0 Å². The lowest BCUT2D eigenvalue weighted by Crippen LogP contribution is -2.11. The molecule has 0 fully saturated rings. The second kappa shape index (κ2) is 4.24. The zero-order chi connectivity index (χ0) is 10.7. The van der Waals surface area contributed by atoms with Crippen LogP contribution in [-0.2, 0) is 11.2 Å². The van der Waals surface area contributed by atoms with E-state index in [0.717, 1.165) is 16.3 Å². The first-order chi connectivity index (χ1) is 7.31. The van der Waals surface area contributed by atoms with Gasteiger partial charge < -0.3 is 5.11 Å². The molecule has 1 unspecified atom stereocenters. The number of aliphatic hydroxyl groups excluding tert-OH is 1. The Bertz CT molecular complexity index is 471. The fourth-order valence-electron chi connectivity index (χ4n) is 1.72. The van der Waals surface area contributed by atoms with Crippen molar-refractivity contribution in [3.63, 3.8) is 0 Å². The van der Waals surface area contributed by atoms with Gasteiger partial charge in [0.15, 0.2) is 0 Å². The number of rotatable bonds is 3. The van der Waals surface area contributed by atoms with E-state index in [1.807, 2.05) is 42.5 Å². The van der Waals surface area contributed by atoms with Crippen LogP contribution in [0.25, 0.3) is 10.8 Å². The highest BCUT2D eigenvalue weighted by Gasteiger charge is 2.07. The normalized spacial score (nSPS) is 12.6. The summed E-state index contributed by atoms with van der Waals surface area (Å²) in [7, 11) is 0. The predicted octanol–water partition coefficient (Wildman–Crippen LogP) is 1.85. The monoisotopic (exact) mass is 199 g/mol. The summed E-state index contributed by atoms with van der Waals surface area (Å²) in [6, 6.07) is 13.8. The Morgan fingerprint density at radius 1 is 1.13 bits per heavy atom. The molecule has 0 amide bonds. The van der Waals surface area contributed by atoms with E-state index in [4.69, 9.17) is 0 Å². The minimum atomic E-state index is -1.03. The third-order valence-corrected chi connectivity index (χ3v) is 2.43. The van der Waals surface area contributed by atoms with Crippen molar-refractivity contribution in [3.05, 3.63) is 48.0 Å². The van der Waals surface area contributed by atoms with Crippen molar-refractivity contribution in [2.45, 2.75) is 12.5 Å². The summed E-state index contributed by atoms with van der Waals surface area (Å²) in [6.07, 6.45) is 0.876. The van der Waals surface area contributed by atoms with Crippen LogP contribution in [0.2, 0.25) is 0 Å². The molecular weight excluding hydrogens is 188 g/mol. The van der Waals surface area contributed by atoms with Crippen molar-refractivity contribution in [2.24, 2.45) is 0 Å². The smallest absolute Gasteiger partial charge is 0.229 e. The first kappa shape index (κ1) is 9.87. The van der Waals surface area contributed by atoms with Gasteiger partial charge in [-0.15, -0.1) is 0 Å². The molecule has 0 heterocycles. The van der Waals surface area contributed by atoms with Gasteiger partial charge in [-0.3, -0.25) is 4.79 Å². The maximum absolute atomic E-state index is 10.3. The lowest BCUT2D eigenvalue weighted by molar-refractivity contribution is 0.235. The number of benzene rings is 2. The van der Waals surface area contributed by atoms with Crippen LogP contribution in [-0.4, -0.2) is 17.5 Å². The van der Waals surface area contributed by atoms with Crippen molar-refractivity contribution >= 4 is 17.1 Å². The van der Waals surface area contributed by atoms with Crippen LogP contribution < -0.4 is 0 Å². The van der Waals surface area contributed by atoms with E-state index in [1.165, 1.54) is 0 Å². The molecule has 2 aromatic rings. The summed E-state index contributed by atoms with van der Waals surface area (Å²) in [5, 5.41) is 11.4. The van der Waals surface area contributed by atoms with Crippen LogP contribution in [0.15, 0.2) is 42.5 Å². The molecule has 15 heavy (non-hydrogen) atoms. The van der Waals surface area contributed by atoms with E-state index >= 15 is 0 Å². The van der Waals surface area contributed by atoms with E-state index in [0.29, 0.717) is 6.42 Å². The molecule has 0 bridgehead atoms. The van der Waals surface area contributed by atoms with Gasteiger partial charge in [0.2, 0.25) is 6.29 Å². The SMILES string of the molecule is O=[C]C(O)Cc1cccc2ccccc12. The summed E-state index contributed by atoms with van der Waals surface area (Å²) in [4.78, 5) is 10.3. The first-order valence-corrected chi connectivity index (χ1v) is 4.83. The highest BCUT2D eigenvalue weighted by atomic mass is 16.3. The molecule has 1 radical (unpaired) electrons. The van der Waals surface area contributed by atoms with Crippen LogP contribution >= 0.6 is 0 Å². The minimum absolute atomic E-state index is 0.324. The first-order valence-electron chi connectivity index (χ1n) is 4.83. The van der Waals surface area contributed by atoms with Crippen LogP contribution in [0.4, 0.5) is 0 Å². The lowest BCUT2D eigenvalue weighted by atomic mass is 10.0. The summed E-state index contributed by atoms with van der Waals surface area (Å²) in [5.41, 5.74) is 0.976. The number of aliphatic hydroxyl groups is 1. The predicted molar refractivity (Wildman–Crippen MR) is 59.4 cm³/mol. The highest BCUT2D eigenvalue weighted by Crippen LogP contribution is 2.19. The second-order valence-electron chi connectivity index (χ2n) is 3.48. The van der Waals surface area contributed by atoms with Crippen LogP contribution in [0.1, 0.15) is 5.56 Å². The van der Waals surface area contributed by atoms with Crippen molar-refractivity contribution in [3.8, 4) is 0 Å². The van der Waals surface area contributed by atoms with Gasteiger partial charge in [-0.2, -0.15) is 0 Å². The van der Waals surface area contributed by atoms with Gasteiger partial charge >= 0.3 is 0 Å². The molecule has 2 rings (SSSR count). The fourth-order valence-corrected chi connectivity index (χ4v) is 1.72. The number of carbonyl (C=O) groups excluding carboxylic acids is 1. The van der Waals surface area contributed by atoms with Crippen molar-refractivity contribution in [1.82, 2.24) is 0 Å². The molecule has 0 aliphatic rings. The van der Waals surface area contributed by atoms with Crippen LogP contribution in [0, 0.1) is 0 Å². The standard InChI is InChI=1S/C13H11O2/c14-9-12(15)8-11-6-3-5-10-4-1-2-7-13(10)11/h1-7,12,15H,8H2. The van der Waals surface area contributed by atoms with Crippen molar-refractivity contribution < 1.29 is 9.90 Å². The molecule has 0 aliphatic carbocycles. The number of fused-ring (bicyclic) bond motifs is 1. The highest BCUT2D eigenvalue weighted by molar-refractivity contribution is 5.86. The number of hydrogen-bond acceptors (Lipinski definition) is 2. The second-order valence-corrected chi connectivity index (χ2v) is 3.48. The fraction of sp³-hybridized carbons (Fsp3) is 0.154. The van der Waals surface area contributed by atoms with E-state index in [1.54, 1.807) is 6.29 Å². The van der Waals surface area contributed by atoms with E-state index in [-0.39, 0.29) is 0 Å².